The zero-order valence-corrected chi connectivity index (χ0v) is 13.5. The minimum Gasteiger partial charge on any atom is -0.284 e. The zero-order valence-electron chi connectivity index (χ0n) is 13.5. The maximum atomic E-state index is 12.6. The molecule has 7 nitrogen and oxygen atoms in total. The Morgan fingerprint density at radius 1 is 1.29 bits per heavy atom. The first-order valence-corrected chi connectivity index (χ1v) is 7.83. The fourth-order valence-electron chi connectivity index (χ4n) is 2.49. The largest absolute Gasteiger partial charge is 0.296 e. The number of para-hydroxylation sites is 1. The van der Waals surface area contributed by atoms with Gasteiger partial charge in [-0.2, -0.15) is 15.5 Å². The summed E-state index contributed by atoms with van der Waals surface area (Å²) in [5.74, 6) is 0. The quantitative estimate of drug-likeness (QED) is 0.691. The second kappa shape index (κ2) is 7.06. The Hall–Kier alpha value is -2.98. The first-order chi connectivity index (χ1) is 11.7. The summed E-state index contributed by atoms with van der Waals surface area (Å²) in [5, 5.41) is 18.1. The van der Waals surface area contributed by atoms with Gasteiger partial charge in [0.25, 0.3) is 5.56 Å². The van der Waals surface area contributed by atoms with E-state index >= 15 is 0 Å². The summed E-state index contributed by atoms with van der Waals surface area (Å²) in [6, 6.07) is 11.8. The third-order valence-electron chi connectivity index (χ3n) is 3.86. The molecule has 0 N–H and O–H groups in total. The van der Waals surface area contributed by atoms with Crippen molar-refractivity contribution < 1.29 is 0 Å². The Bertz CT molecular complexity index is 922. The Balaban J connectivity index is 1.93. The van der Waals surface area contributed by atoms with Gasteiger partial charge in [0.05, 0.1) is 24.6 Å². The molecule has 2 heterocycles. The Labute approximate surface area is 139 Å². The summed E-state index contributed by atoms with van der Waals surface area (Å²) in [4.78, 5) is 14.6. The summed E-state index contributed by atoms with van der Waals surface area (Å²) in [6.07, 6.45) is 3.88. The first kappa shape index (κ1) is 15.9. The van der Waals surface area contributed by atoms with Gasteiger partial charge in [0.2, 0.25) is 0 Å². The lowest BCUT2D eigenvalue weighted by Crippen LogP contribution is -2.34. The fourth-order valence-corrected chi connectivity index (χ4v) is 2.49. The molecule has 122 valence electrons. The van der Waals surface area contributed by atoms with Gasteiger partial charge in [-0.25, -0.2) is 9.36 Å². The van der Waals surface area contributed by atoms with Crippen molar-refractivity contribution in [2.24, 2.45) is 0 Å². The van der Waals surface area contributed by atoms with E-state index in [0.29, 0.717) is 30.5 Å². The number of fused-ring (bicyclic) bond motifs is 1. The molecule has 2 aromatic heterocycles. The zero-order chi connectivity index (χ0) is 16.9. The molecule has 0 spiro atoms. The number of benzene rings is 1. The number of rotatable bonds is 6. The van der Waals surface area contributed by atoms with Gasteiger partial charge in [-0.1, -0.05) is 25.1 Å². The molecule has 0 unspecified atom stereocenters. The van der Waals surface area contributed by atoms with Crippen molar-refractivity contribution in [3.05, 3.63) is 53.1 Å². The lowest BCUT2D eigenvalue weighted by atomic mass is 10.3. The Morgan fingerprint density at radius 3 is 2.79 bits per heavy atom. The van der Waals surface area contributed by atoms with E-state index in [1.807, 2.05) is 42.2 Å². The molecule has 0 fully saturated rings. The smallest absolute Gasteiger partial charge is 0.284 e. The van der Waals surface area contributed by atoms with Gasteiger partial charge in [0.1, 0.15) is 0 Å². The number of hydrogen-bond donors (Lipinski definition) is 0. The number of hydrogen-bond acceptors (Lipinski definition) is 5. The van der Waals surface area contributed by atoms with Crippen molar-refractivity contribution in [3.8, 4) is 11.8 Å². The Kier molecular flexibility index (Phi) is 4.68. The van der Waals surface area contributed by atoms with E-state index in [2.05, 4.69) is 16.3 Å². The van der Waals surface area contributed by atoms with Crippen LogP contribution < -0.4 is 5.56 Å². The van der Waals surface area contributed by atoms with Crippen molar-refractivity contribution in [2.75, 3.05) is 13.1 Å². The van der Waals surface area contributed by atoms with Crippen molar-refractivity contribution in [1.29, 1.82) is 5.26 Å². The van der Waals surface area contributed by atoms with Crippen molar-refractivity contribution in [3.63, 3.8) is 0 Å². The van der Waals surface area contributed by atoms with Gasteiger partial charge < -0.3 is 0 Å². The minimum atomic E-state index is -0.224. The van der Waals surface area contributed by atoms with E-state index in [1.54, 1.807) is 17.1 Å². The molecule has 24 heavy (non-hydrogen) atoms. The van der Waals surface area contributed by atoms with Crippen LogP contribution in [0, 0.1) is 11.3 Å². The predicted octanol–water partition coefficient (Wildman–Crippen LogP) is 1.78. The molecule has 0 aliphatic carbocycles. The molecular formula is C17H18N6O. The third-order valence-corrected chi connectivity index (χ3v) is 3.86. The van der Waals surface area contributed by atoms with Gasteiger partial charge in [-0.15, -0.1) is 0 Å². The Morgan fingerprint density at radius 2 is 2.08 bits per heavy atom. The van der Waals surface area contributed by atoms with Crippen LogP contribution in [0.5, 0.6) is 0 Å². The molecule has 3 rings (SSSR count). The second-order valence-corrected chi connectivity index (χ2v) is 5.42. The predicted molar refractivity (Wildman–Crippen MR) is 90.6 cm³/mol. The van der Waals surface area contributed by atoms with Crippen LogP contribution in [0.15, 0.2) is 47.5 Å². The molecule has 0 bridgehead atoms. The molecular weight excluding hydrogens is 304 g/mol. The highest BCUT2D eigenvalue weighted by molar-refractivity contribution is 5.76. The van der Waals surface area contributed by atoms with Crippen molar-refractivity contribution in [1.82, 2.24) is 24.5 Å². The molecule has 7 heteroatoms. The summed E-state index contributed by atoms with van der Waals surface area (Å²) in [6.45, 7) is 3.69. The van der Waals surface area contributed by atoms with Crippen LogP contribution in [0.2, 0.25) is 0 Å². The van der Waals surface area contributed by atoms with E-state index in [4.69, 9.17) is 5.26 Å². The summed E-state index contributed by atoms with van der Waals surface area (Å²) in [5.41, 5.74) is 1.06. The van der Waals surface area contributed by atoms with Crippen LogP contribution in [-0.2, 0) is 6.67 Å². The van der Waals surface area contributed by atoms with Gasteiger partial charge in [0, 0.05) is 24.5 Å². The van der Waals surface area contributed by atoms with Crippen LogP contribution in [0.4, 0.5) is 0 Å². The molecule has 0 aliphatic rings. The maximum absolute atomic E-state index is 12.6. The van der Waals surface area contributed by atoms with E-state index in [9.17, 15) is 4.79 Å². The average molecular weight is 322 g/mol. The van der Waals surface area contributed by atoms with Crippen LogP contribution in [0.25, 0.3) is 16.6 Å². The van der Waals surface area contributed by atoms with Crippen LogP contribution in [0.1, 0.15) is 13.3 Å². The molecule has 3 aromatic rings. The molecule has 0 saturated heterocycles. The van der Waals surface area contributed by atoms with Gasteiger partial charge in [-0.3, -0.25) is 9.69 Å². The average Bonchev–Trinajstić information content (AvgIpc) is 3.06. The van der Waals surface area contributed by atoms with Crippen LogP contribution in [-0.4, -0.2) is 37.6 Å². The number of nitriles is 1. The van der Waals surface area contributed by atoms with Crippen molar-refractivity contribution in [2.45, 2.75) is 20.0 Å². The molecule has 0 aliphatic heterocycles. The highest BCUT2D eigenvalue weighted by Gasteiger charge is 2.11. The standard InChI is InChI=1S/C17H18N6O/c1-2-21(10-6-9-18)13-23-17(24)16-14(11-19-23)12-22(20-16)15-7-4-3-5-8-15/h3-5,7-8,11-12H,2,6,10,13H2,1H3. The normalized spacial score (nSPS) is 11.0. The van der Waals surface area contributed by atoms with E-state index < -0.39 is 0 Å². The van der Waals surface area contributed by atoms with Gasteiger partial charge in [0.15, 0.2) is 5.52 Å². The molecule has 0 amide bonds. The third kappa shape index (κ3) is 3.19. The number of aromatic nitrogens is 4. The van der Waals surface area contributed by atoms with Crippen molar-refractivity contribution >= 4 is 10.9 Å². The molecule has 0 saturated carbocycles. The van der Waals surface area contributed by atoms with Gasteiger partial charge in [-0.05, 0) is 18.7 Å². The lowest BCUT2D eigenvalue weighted by molar-refractivity contribution is 0.218. The van der Waals surface area contributed by atoms with E-state index in [-0.39, 0.29) is 5.56 Å². The maximum Gasteiger partial charge on any atom is 0.296 e. The fraction of sp³-hybridized carbons (Fsp3) is 0.294. The number of nitrogens with zero attached hydrogens (tertiary/aromatic N) is 6. The summed E-state index contributed by atoms with van der Waals surface area (Å²) in [7, 11) is 0. The SMILES string of the molecule is CCN(CCC#N)Cn1ncc2cn(-c3ccccc3)nc2c1=O. The van der Waals surface area contributed by atoms with Crippen LogP contribution in [0.3, 0.4) is 0 Å². The highest BCUT2D eigenvalue weighted by atomic mass is 16.1. The summed E-state index contributed by atoms with van der Waals surface area (Å²) >= 11 is 0. The highest BCUT2D eigenvalue weighted by Crippen LogP contribution is 2.11. The van der Waals surface area contributed by atoms with Crippen LogP contribution >= 0.6 is 0 Å². The lowest BCUT2D eigenvalue weighted by Gasteiger charge is -2.18. The van der Waals surface area contributed by atoms with Gasteiger partial charge >= 0.3 is 0 Å². The van der Waals surface area contributed by atoms with E-state index in [0.717, 1.165) is 12.2 Å². The molecule has 0 radical (unpaired) electrons. The topological polar surface area (TPSA) is 79.7 Å². The molecule has 0 atom stereocenters. The molecule has 1 aromatic carbocycles. The second-order valence-electron chi connectivity index (χ2n) is 5.42. The monoisotopic (exact) mass is 322 g/mol. The summed E-state index contributed by atoms with van der Waals surface area (Å²) < 4.78 is 3.08. The minimum absolute atomic E-state index is 0.224. The van der Waals surface area contributed by atoms with E-state index in [1.165, 1.54) is 4.68 Å². The first-order valence-electron chi connectivity index (χ1n) is 7.83.